The lowest BCUT2D eigenvalue weighted by atomic mass is 10.2. The molecule has 110 valence electrons. The molecule has 5 nitrogen and oxygen atoms in total. The molecule has 0 spiro atoms. The Labute approximate surface area is 119 Å². The molecule has 0 aliphatic carbocycles. The predicted octanol–water partition coefficient (Wildman–Crippen LogP) is 0.768. The molecule has 2 rings (SSSR count). The molecular formula is C15H22N2O3. The van der Waals surface area contributed by atoms with E-state index >= 15 is 0 Å². The number of aliphatic hydroxyl groups excluding tert-OH is 1. The van der Waals surface area contributed by atoms with Gasteiger partial charge in [0.25, 0.3) is 0 Å². The van der Waals surface area contributed by atoms with Crippen molar-refractivity contribution in [3.05, 3.63) is 29.8 Å². The van der Waals surface area contributed by atoms with Gasteiger partial charge in [-0.15, -0.1) is 0 Å². The summed E-state index contributed by atoms with van der Waals surface area (Å²) in [6.45, 7) is 1.90. The number of benzene rings is 1. The summed E-state index contributed by atoms with van der Waals surface area (Å²) in [6.07, 6.45) is 2.03. The van der Waals surface area contributed by atoms with Gasteiger partial charge in [-0.2, -0.15) is 0 Å². The highest BCUT2D eigenvalue weighted by Gasteiger charge is 2.25. The van der Waals surface area contributed by atoms with Crippen LogP contribution in [-0.2, 0) is 11.3 Å². The van der Waals surface area contributed by atoms with Crippen LogP contribution in [0.3, 0.4) is 0 Å². The fourth-order valence-electron chi connectivity index (χ4n) is 2.49. The fourth-order valence-corrected chi connectivity index (χ4v) is 2.49. The van der Waals surface area contributed by atoms with Gasteiger partial charge in [0.2, 0.25) is 5.91 Å². The summed E-state index contributed by atoms with van der Waals surface area (Å²) < 4.78 is 5.09. The van der Waals surface area contributed by atoms with Gasteiger partial charge < -0.3 is 15.2 Å². The van der Waals surface area contributed by atoms with Crippen LogP contribution >= 0.6 is 0 Å². The normalized spacial score (nSPS) is 19.0. The predicted molar refractivity (Wildman–Crippen MR) is 76.5 cm³/mol. The van der Waals surface area contributed by atoms with Gasteiger partial charge in [0.1, 0.15) is 5.75 Å². The first-order chi connectivity index (χ1) is 9.72. The first-order valence-corrected chi connectivity index (χ1v) is 6.97. The van der Waals surface area contributed by atoms with Gasteiger partial charge in [0.05, 0.1) is 20.3 Å². The molecule has 0 saturated carbocycles. The minimum absolute atomic E-state index is 0.00108. The molecule has 1 aromatic carbocycles. The molecule has 0 bridgehead atoms. The maximum Gasteiger partial charge on any atom is 0.234 e. The van der Waals surface area contributed by atoms with E-state index in [1.807, 2.05) is 29.2 Å². The van der Waals surface area contributed by atoms with E-state index in [0.29, 0.717) is 13.1 Å². The Morgan fingerprint density at radius 3 is 2.85 bits per heavy atom. The summed E-state index contributed by atoms with van der Waals surface area (Å²) in [5, 5.41) is 12.1. The van der Waals surface area contributed by atoms with E-state index in [9.17, 15) is 9.90 Å². The molecule has 1 saturated heterocycles. The molecule has 5 heteroatoms. The Morgan fingerprint density at radius 1 is 1.45 bits per heavy atom. The molecule has 1 unspecified atom stereocenters. The summed E-state index contributed by atoms with van der Waals surface area (Å²) in [4.78, 5) is 13.9. The number of carbonyl (C=O) groups is 1. The van der Waals surface area contributed by atoms with E-state index in [4.69, 9.17) is 4.74 Å². The first-order valence-electron chi connectivity index (χ1n) is 6.97. The minimum atomic E-state index is 0.00108. The van der Waals surface area contributed by atoms with E-state index in [0.717, 1.165) is 30.7 Å². The first kappa shape index (κ1) is 14.8. The quantitative estimate of drug-likeness (QED) is 0.807. The van der Waals surface area contributed by atoms with Gasteiger partial charge in [-0.05, 0) is 37.1 Å². The van der Waals surface area contributed by atoms with Gasteiger partial charge in [-0.25, -0.2) is 0 Å². The molecule has 0 aromatic heterocycles. The second kappa shape index (κ2) is 7.26. The molecule has 2 N–H and O–H groups in total. The third-order valence-corrected chi connectivity index (χ3v) is 3.71. The van der Waals surface area contributed by atoms with Gasteiger partial charge >= 0.3 is 0 Å². The van der Waals surface area contributed by atoms with Gasteiger partial charge in [-0.3, -0.25) is 9.69 Å². The molecular weight excluding hydrogens is 256 g/mol. The fraction of sp³-hybridized carbons (Fsp3) is 0.533. The zero-order chi connectivity index (χ0) is 14.4. The molecule has 20 heavy (non-hydrogen) atoms. The lowest BCUT2D eigenvalue weighted by molar-refractivity contribution is -0.122. The number of likely N-dealkylation sites (tertiary alicyclic amines) is 1. The van der Waals surface area contributed by atoms with E-state index < -0.39 is 0 Å². The zero-order valence-corrected chi connectivity index (χ0v) is 11.8. The number of aliphatic hydroxyl groups is 1. The van der Waals surface area contributed by atoms with Crippen molar-refractivity contribution in [1.82, 2.24) is 10.2 Å². The molecule has 1 atom stereocenters. The van der Waals surface area contributed by atoms with E-state index in [1.165, 1.54) is 0 Å². The summed E-state index contributed by atoms with van der Waals surface area (Å²) >= 11 is 0. The summed E-state index contributed by atoms with van der Waals surface area (Å²) in [6, 6.07) is 7.77. The SMILES string of the molecule is COc1ccc(CNC(=O)CN2CCCC2CO)cc1. The smallest absolute Gasteiger partial charge is 0.234 e. The molecule has 1 heterocycles. The number of nitrogens with one attached hydrogen (secondary N) is 1. The van der Waals surface area contributed by atoms with Gasteiger partial charge in [0.15, 0.2) is 0 Å². The molecule has 1 fully saturated rings. The third kappa shape index (κ3) is 3.95. The van der Waals surface area contributed by atoms with Crippen LogP contribution in [0.25, 0.3) is 0 Å². The number of ether oxygens (including phenoxy) is 1. The van der Waals surface area contributed by atoms with Crippen LogP contribution in [0.5, 0.6) is 5.75 Å². The number of carbonyl (C=O) groups excluding carboxylic acids is 1. The van der Waals surface area contributed by atoms with Crippen molar-refractivity contribution in [3.63, 3.8) is 0 Å². The lowest BCUT2D eigenvalue weighted by Gasteiger charge is -2.21. The van der Waals surface area contributed by atoms with Crippen LogP contribution in [0.4, 0.5) is 0 Å². The Hall–Kier alpha value is -1.59. The van der Waals surface area contributed by atoms with Crippen LogP contribution < -0.4 is 10.1 Å². The van der Waals surface area contributed by atoms with Crippen LogP contribution in [0.1, 0.15) is 18.4 Å². The van der Waals surface area contributed by atoms with E-state index in [2.05, 4.69) is 5.32 Å². The van der Waals surface area contributed by atoms with Crippen molar-refractivity contribution < 1.29 is 14.6 Å². The summed E-state index contributed by atoms with van der Waals surface area (Å²) in [7, 11) is 1.63. The minimum Gasteiger partial charge on any atom is -0.497 e. The number of rotatable bonds is 6. The molecule has 1 aliphatic heterocycles. The van der Waals surface area contributed by atoms with E-state index in [-0.39, 0.29) is 18.6 Å². The molecule has 1 amide bonds. The third-order valence-electron chi connectivity index (χ3n) is 3.71. The standard InChI is InChI=1S/C15H22N2O3/c1-20-14-6-4-12(5-7-14)9-16-15(19)10-17-8-2-3-13(17)11-18/h4-7,13,18H,2-3,8-11H2,1H3,(H,16,19). The number of nitrogens with zero attached hydrogens (tertiary/aromatic N) is 1. The average molecular weight is 278 g/mol. The largest absolute Gasteiger partial charge is 0.497 e. The Balaban J connectivity index is 1.76. The Morgan fingerprint density at radius 2 is 2.20 bits per heavy atom. The molecule has 1 aliphatic rings. The highest BCUT2D eigenvalue weighted by atomic mass is 16.5. The maximum atomic E-state index is 11.9. The molecule has 1 aromatic rings. The summed E-state index contributed by atoms with van der Waals surface area (Å²) in [5.41, 5.74) is 1.04. The Bertz CT molecular complexity index is 433. The van der Waals surface area contributed by atoms with Crippen LogP contribution in [0, 0.1) is 0 Å². The number of hydrogen-bond donors (Lipinski definition) is 2. The van der Waals surface area contributed by atoms with Crippen LogP contribution in [0.2, 0.25) is 0 Å². The van der Waals surface area contributed by atoms with Crippen molar-refractivity contribution in [2.75, 3.05) is 26.8 Å². The van der Waals surface area contributed by atoms with Crippen molar-refractivity contribution in [2.45, 2.75) is 25.4 Å². The number of methoxy groups -OCH3 is 1. The van der Waals surface area contributed by atoms with Crippen molar-refractivity contribution >= 4 is 5.91 Å². The number of amides is 1. The van der Waals surface area contributed by atoms with Crippen molar-refractivity contribution in [1.29, 1.82) is 0 Å². The highest BCUT2D eigenvalue weighted by Crippen LogP contribution is 2.15. The highest BCUT2D eigenvalue weighted by molar-refractivity contribution is 5.78. The summed E-state index contributed by atoms with van der Waals surface area (Å²) in [5.74, 6) is 0.809. The van der Waals surface area contributed by atoms with Crippen molar-refractivity contribution in [3.8, 4) is 5.75 Å². The second-order valence-corrected chi connectivity index (χ2v) is 5.07. The number of hydrogen-bond acceptors (Lipinski definition) is 4. The lowest BCUT2D eigenvalue weighted by Crippen LogP contribution is -2.40. The van der Waals surface area contributed by atoms with Gasteiger partial charge in [-0.1, -0.05) is 12.1 Å². The monoisotopic (exact) mass is 278 g/mol. The topological polar surface area (TPSA) is 61.8 Å². The molecule has 0 radical (unpaired) electrons. The Kier molecular flexibility index (Phi) is 5.38. The second-order valence-electron chi connectivity index (χ2n) is 5.07. The van der Waals surface area contributed by atoms with E-state index in [1.54, 1.807) is 7.11 Å². The van der Waals surface area contributed by atoms with Crippen LogP contribution in [0.15, 0.2) is 24.3 Å². The van der Waals surface area contributed by atoms with Crippen molar-refractivity contribution in [2.24, 2.45) is 0 Å². The average Bonchev–Trinajstić information content (AvgIpc) is 2.92. The zero-order valence-electron chi connectivity index (χ0n) is 11.8. The van der Waals surface area contributed by atoms with Crippen LogP contribution in [-0.4, -0.2) is 48.8 Å². The van der Waals surface area contributed by atoms with Gasteiger partial charge in [0, 0.05) is 12.6 Å². The maximum absolute atomic E-state index is 11.9.